The Morgan fingerprint density at radius 2 is 1.50 bits per heavy atom. The zero-order valence-corrected chi connectivity index (χ0v) is 14.0. The average Bonchev–Trinajstić information content (AvgIpc) is 2.57. The number of carbonyl (C=O) groups is 1. The maximum atomic E-state index is 12.4. The molecular formula is C16H9KO3. The fourth-order valence-electron chi connectivity index (χ4n) is 2.21. The fourth-order valence-corrected chi connectivity index (χ4v) is 2.21. The number of carboxylic acids is 1. The van der Waals surface area contributed by atoms with Gasteiger partial charge in [-0.15, -0.1) is 0 Å². The molecule has 20 heavy (non-hydrogen) atoms. The quantitative estimate of drug-likeness (QED) is 0.524. The number of fused-ring (bicyclic) bond motifs is 2. The Hall–Kier alpha value is -1.04. The molecule has 0 aliphatic carbocycles. The molecule has 4 heteroatoms. The van der Waals surface area contributed by atoms with Crippen LogP contribution in [0.1, 0.15) is 10.4 Å². The molecule has 0 aliphatic heterocycles. The molecule has 3 aromatic carbocycles. The van der Waals surface area contributed by atoms with Crippen molar-refractivity contribution in [2.75, 3.05) is 0 Å². The summed E-state index contributed by atoms with van der Waals surface area (Å²) in [6, 6.07) is 15.3. The average molecular weight is 288 g/mol. The molecular weight excluding hydrogens is 279 g/mol. The van der Waals surface area contributed by atoms with Crippen molar-refractivity contribution in [1.82, 2.24) is 0 Å². The summed E-state index contributed by atoms with van der Waals surface area (Å²) in [6.45, 7) is 0. The van der Waals surface area contributed by atoms with Crippen LogP contribution in [0.5, 0.6) is 0 Å². The van der Waals surface area contributed by atoms with Gasteiger partial charge in [0.05, 0.1) is 5.97 Å². The van der Waals surface area contributed by atoms with Crippen LogP contribution in [0.4, 0.5) is 0 Å². The van der Waals surface area contributed by atoms with Gasteiger partial charge >= 0.3 is 51.4 Å². The SMILES string of the molecule is O=C([O-])c1ccc2c(=O)c3ccccc3ccc2c1.[K+]. The van der Waals surface area contributed by atoms with Crippen LogP contribution in [0.3, 0.4) is 0 Å². The molecule has 0 N–H and O–H groups in total. The molecule has 3 rings (SSSR count). The first kappa shape index (κ1) is 15.3. The van der Waals surface area contributed by atoms with Crippen LogP contribution in [0.15, 0.2) is 59.4 Å². The summed E-state index contributed by atoms with van der Waals surface area (Å²) < 4.78 is 0. The van der Waals surface area contributed by atoms with Gasteiger partial charge in [0.1, 0.15) is 0 Å². The summed E-state index contributed by atoms with van der Waals surface area (Å²) in [7, 11) is 0. The number of hydrogen-bond donors (Lipinski definition) is 0. The molecule has 0 saturated carbocycles. The molecule has 0 amide bonds. The summed E-state index contributed by atoms with van der Waals surface area (Å²) >= 11 is 0. The Morgan fingerprint density at radius 3 is 2.25 bits per heavy atom. The van der Waals surface area contributed by atoms with Crippen LogP contribution in [0.25, 0.3) is 21.5 Å². The third kappa shape index (κ3) is 2.70. The molecule has 0 aliphatic rings. The minimum absolute atomic E-state index is 0. The van der Waals surface area contributed by atoms with Gasteiger partial charge < -0.3 is 9.90 Å². The van der Waals surface area contributed by atoms with E-state index in [0.717, 1.165) is 5.39 Å². The Morgan fingerprint density at radius 1 is 0.850 bits per heavy atom. The third-order valence-electron chi connectivity index (χ3n) is 3.18. The summed E-state index contributed by atoms with van der Waals surface area (Å²) in [5, 5.41) is 13.4. The van der Waals surface area contributed by atoms with Crippen molar-refractivity contribution in [2.24, 2.45) is 0 Å². The van der Waals surface area contributed by atoms with Crippen LogP contribution in [-0.4, -0.2) is 5.97 Å². The normalized spacial score (nSPS) is 10.2. The van der Waals surface area contributed by atoms with E-state index >= 15 is 0 Å². The topological polar surface area (TPSA) is 57.2 Å². The number of rotatable bonds is 1. The number of hydrogen-bond acceptors (Lipinski definition) is 3. The van der Waals surface area contributed by atoms with Crippen molar-refractivity contribution < 1.29 is 61.3 Å². The smallest absolute Gasteiger partial charge is 0.545 e. The molecule has 3 nitrogen and oxygen atoms in total. The molecule has 0 radical (unpaired) electrons. The van der Waals surface area contributed by atoms with Gasteiger partial charge in [0.2, 0.25) is 0 Å². The van der Waals surface area contributed by atoms with Gasteiger partial charge in [-0.3, -0.25) is 4.79 Å². The second kappa shape index (κ2) is 6.16. The largest absolute Gasteiger partial charge is 1.00 e. The van der Waals surface area contributed by atoms with E-state index < -0.39 is 5.97 Å². The van der Waals surface area contributed by atoms with Crippen LogP contribution in [-0.2, 0) is 0 Å². The molecule has 0 spiro atoms. The van der Waals surface area contributed by atoms with Gasteiger partial charge in [0.25, 0.3) is 0 Å². The van der Waals surface area contributed by atoms with Crippen LogP contribution < -0.4 is 61.9 Å². The molecule has 3 aromatic rings. The van der Waals surface area contributed by atoms with Crippen LogP contribution in [0.2, 0.25) is 0 Å². The maximum Gasteiger partial charge on any atom is 1.00 e. The first-order valence-corrected chi connectivity index (χ1v) is 5.84. The summed E-state index contributed by atoms with van der Waals surface area (Å²) in [5.41, 5.74) is -0.0253. The Kier molecular flexibility index (Phi) is 4.72. The Bertz CT molecular complexity index is 872. The second-order valence-electron chi connectivity index (χ2n) is 4.34. The molecule has 0 atom stereocenters. The van der Waals surface area contributed by atoms with E-state index in [1.165, 1.54) is 18.2 Å². The van der Waals surface area contributed by atoms with E-state index in [4.69, 9.17) is 0 Å². The van der Waals surface area contributed by atoms with Gasteiger partial charge in [-0.1, -0.05) is 42.5 Å². The van der Waals surface area contributed by atoms with Crippen molar-refractivity contribution >= 4 is 27.5 Å². The predicted molar refractivity (Wildman–Crippen MR) is 72.1 cm³/mol. The molecule has 0 bridgehead atoms. The Balaban J connectivity index is 0.00000147. The van der Waals surface area contributed by atoms with Crippen LogP contribution in [0, 0.1) is 0 Å². The number of carbonyl (C=O) groups excluding carboxylic acids is 1. The second-order valence-corrected chi connectivity index (χ2v) is 4.34. The minimum Gasteiger partial charge on any atom is -0.545 e. The number of aromatic carboxylic acids is 1. The fraction of sp³-hybridized carbons (Fsp3) is 0. The van der Waals surface area contributed by atoms with Crippen molar-refractivity contribution in [3.05, 3.63) is 70.4 Å². The first-order valence-electron chi connectivity index (χ1n) is 5.84. The van der Waals surface area contributed by atoms with Gasteiger partial charge in [-0.2, -0.15) is 0 Å². The molecule has 0 heterocycles. The summed E-state index contributed by atoms with van der Waals surface area (Å²) in [6.07, 6.45) is 0. The van der Waals surface area contributed by atoms with E-state index in [9.17, 15) is 14.7 Å². The monoisotopic (exact) mass is 288 g/mol. The van der Waals surface area contributed by atoms with Crippen molar-refractivity contribution in [3.8, 4) is 0 Å². The van der Waals surface area contributed by atoms with Gasteiger partial charge in [-0.05, 0) is 28.5 Å². The minimum atomic E-state index is -1.24. The van der Waals surface area contributed by atoms with Crippen molar-refractivity contribution in [3.63, 3.8) is 0 Å². The zero-order valence-electron chi connectivity index (χ0n) is 10.9. The number of benzene rings is 2. The van der Waals surface area contributed by atoms with Crippen LogP contribution >= 0.6 is 0 Å². The van der Waals surface area contributed by atoms with Gasteiger partial charge in [0.15, 0.2) is 5.43 Å². The standard InChI is InChI=1S/C16H10O3.K/c17-15-13-4-2-1-3-10(13)5-6-11-9-12(16(18)19)7-8-14(11)15;/h1-9H,(H,18,19);/q;+1/p-1. The van der Waals surface area contributed by atoms with Crippen molar-refractivity contribution in [2.45, 2.75) is 0 Å². The van der Waals surface area contributed by atoms with E-state index in [1.807, 2.05) is 24.3 Å². The van der Waals surface area contributed by atoms with E-state index in [1.54, 1.807) is 12.1 Å². The predicted octanol–water partition coefficient (Wildman–Crippen LogP) is -1.28. The maximum absolute atomic E-state index is 12.4. The van der Waals surface area contributed by atoms with Gasteiger partial charge in [-0.25, -0.2) is 0 Å². The first-order chi connectivity index (χ1) is 9.16. The molecule has 0 aromatic heterocycles. The van der Waals surface area contributed by atoms with E-state index in [0.29, 0.717) is 16.2 Å². The summed E-state index contributed by atoms with van der Waals surface area (Å²) in [5.74, 6) is -1.24. The molecule has 0 unspecified atom stereocenters. The molecule has 0 saturated heterocycles. The van der Waals surface area contributed by atoms with Crippen molar-refractivity contribution in [1.29, 1.82) is 0 Å². The summed E-state index contributed by atoms with van der Waals surface area (Å²) in [4.78, 5) is 23.3. The molecule has 92 valence electrons. The zero-order chi connectivity index (χ0) is 13.4. The van der Waals surface area contributed by atoms with Gasteiger partial charge in [0, 0.05) is 10.8 Å². The van der Waals surface area contributed by atoms with E-state index in [-0.39, 0.29) is 62.4 Å². The number of carboxylic acid groups (broad SMARTS) is 1. The van der Waals surface area contributed by atoms with E-state index in [2.05, 4.69) is 0 Å². The molecule has 0 fully saturated rings. The third-order valence-corrected chi connectivity index (χ3v) is 3.18. The Labute approximate surface area is 157 Å².